The molecule has 9 heteroatoms. The van der Waals surface area contributed by atoms with Crippen LogP contribution in [0.25, 0.3) is 0 Å². The maximum absolute atomic E-state index is 13.0. The van der Waals surface area contributed by atoms with Crippen LogP contribution in [0.4, 0.5) is 8.78 Å². The molecule has 1 amide bonds. The Morgan fingerprint density at radius 1 is 1.53 bits per heavy atom. The zero-order valence-corrected chi connectivity index (χ0v) is 10.8. The number of rotatable bonds is 4. The molecule has 1 atom stereocenters. The van der Waals surface area contributed by atoms with Crippen LogP contribution in [0.2, 0.25) is 0 Å². The van der Waals surface area contributed by atoms with Gasteiger partial charge in [0, 0.05) is 19.2 Å². The van der Waals surface area contributed by atoms with E-state index in [4.69, 9.17) is 0 Å². The highest BCUT2D eigenvalue weighted by Gasteiger charge is 2.44. The largest absolute Gasteiger partial charge is 0.346 e. The SMILES string of the molecule is CS(=O)(=O)CCC(=O)NC1CNCC1(F)F.Cl. The number of hydrogen-bond donors (Lipinski definition) is 2. The molecule has 1 rings (SSSR count). The average Bonchev–Trinajstić information content (AvgIpc) is 2.42. The summed E-state index contributed by atoms with van der Waals surface area (Å²) in [4.78, 5) is 11.2. The van der Waals surface area contributed by atoms with Gasteiger partial charge in [-0.3, -0.25) is 4.79 Å². The number of carbonyl (C=O) groups is 1. The van der Waals surface area contributed by atoms with Crippen LogP contribution in [0.3, 0.4) is 0 Å². The van der Waals surface area contributed by atoms with E-state index in [1.54, 1.807) is 0 Å². The van der Waals surface area contributed by atoms with E-state index in [2.05, 4.69) is 10.6 Å². The summed E-state index contributed by atoms with van der Waals surface area (Å²) in [7, 11) is -3.25. The molecule has 2 N–H and O–H groups in total. The summed E-state index contributed by atoms with van der Waals surface area (Å²) in [6.07, 6.45) is 0.706. The van der Waals surface area contributed by atoms with Crippen molar-refractivity contribution in [3.63, 3.8) is 0 Å². The minimum Gasteiger partial charge on any atom is -0.346 e. The molecule has 5 nitrogen and oxygen atoms in total. The summed E-state index contributed by atoms with van der Waals surface area (Å²) >= 11 is 0. The lowest BCUT2D eigenvalue weighted by Crippen LogP contribution is -2.47. The van der Waals surface area contributed by atoms with Crippen LogP contribution < -0.4 is 10.6 Å². The van der Waals surface area contributed by atoms with Crippen LogP contribution in [0.15, 0.2) is 0 Å². The van der Waals surface area contributed by atoms with Crippen molar-refractivity contribution >= 4 is 28.2 Å². The second-order valence-corrected chi connectivity index (χ2v) is 6.15. The lowest BCUT2D eigenvalue weighted by Gasteiger charge is -2.18. The van der Waals surface area contributed by atoms with Gasteiger partial charge in [-0.2, -0.15) is 0 Å². The van der Waals surface area contributed by atoms with Gasteiger partial charge in [-0.25, -0.2) is 17.2 Å². The quantitative estimate of drug-likeness (QED) is 0.737. The number of sulfone groups is 1. The number of halogens is 3. The second-order valence-electron chi connectivity index (χ2n) is 3.89. The van der Waals surface area contributed by atoms with E-state index in [1.165, 1.54) is 0 Å². The molecular formula is C8H15ClF2N2O3S. The predicted molar refractivity (Wildman–Crippen MR) is 61.3 cm³/mol. The number of alkyl halides is 2. The first-order valence-corrected chi connectivity index (χ1v) is 6.82. The zero-order chi connectivity index (χ0) is 12.4. The average molecular weight is 293 g/mol. The van der Waals surface area contributed by atoms with Gasteiger partial charge in [0.15, 0.2) is 0 Å². The monoisotopic (exact) mass is 292 g/mol. The Labute approximate surface area is 105 Å². The summed E-state index contributed by atoms with van der Waals surface area (Å²) in [6.45, 7) is -0.471. The smallest absolute Gasteiger partial charge is 0.281 e. The molecule has 1 aliphatic rings. The Hall–Kier alpha value is -0.470. The van der Waals surface area contributed by atoms with Crippen molar-refractivity contribution < 1.29 is 22.0 Å². The highest BCUT2D eigenvalue weighted by molar-refractivity contribution is 7.90. The van der Waals surface area contributed by atoms with Crippen LogP contribution in [0.5, 0.6) is 0 Å². The third kappa shape index (κ3) is 5.60. The molecule has 0 radical (unpaired) electrons. The number of amides is 1. The van der Waals surface area contributed by atoms with Crippen LogP contribution >= 0.6 is 12.4 Å². The number of carbonyl (C=O) groups excluding carboxylic acids is 1. The summed E-state index contributed by atoms with van der Waals surface area (Å²) in [5.74, 6) is -3.97. The molecule has 102 valence electrons. The fourth-order valence-corrected chi connectivity index (χ4v) is 1.91. The fraction of sp³-hybridized carbons (Fsp3) is 0.875. The first-order chi connectivity index (χ1) is 7.21. The van der Waals surface area contributed by atoms with Gasteiger partial charge in [0.2, 0.25) is 5.91 Å². The van der Waals surface area contributed by atoms with Gasteiger partial charge in [-0.05, 0) is 0 Å². The molecular weight excluding hydrogens is 278 g/mol. The first-order valence-electron chi connectivity index (χ1n) is 4.76. The number of nitrogens with one attached hydrogen (secondary N) is 2. The van der Waals surface area contributed by atoms with E-state index in [1.807, 2.05) is 0 Å². The van der Waals surface area contributed by atoms with Crippen LogP contribution in [0.1, 0.15) is 6.42 Å². The van der Waals surface area contributed by atoms with Crippen molar-refractivity contribution in [1.82, 2.24) is 10.6 Å². The maximum atomic E-state index is 13.0. The third-order valence-corrected chi connectivity index (χ3v) is 3.20. The minimum absolute atomic E-state index is 0. The maximum Gasteiger partial charge on any atom is 0.281 e. The molecule has 1 heterocycles. The standard InChI is InChI=1S/C8H14F2N2O3S.ClH/c1-16(14,15)3-2-7(13)12-6-4-11-5-8(6,9)10;/h6,11H,2-5H2,1H3,(H,12,13);1H. The molecule has 0 aromatic heterocycles. The van der Waals surface area contributed by atoms with E-state index in [-0.39, 0.29) is 31.1 Å². The van der Waals surface area contributed by atoms with Gasteiger partial charge in [-0.1, -0.05) is 0 Å². The van der Waals surface area contributed by atoms with Crippen molar-refractivity contribution in [3.8, 4) is 0 Å². The molecule has 0 aromatic carbocycles. The molecule has 0 saturated carbocycles. The Morgan fingerprint density at radius 3 is 2.53 bits per heavy atom. The van der Waals surface area contributed by atoms with Crippen LogP contribution in [-0.4, -0.2) is 51.4 Å². The van der Waals surface area contributed by atoms with E-state index in [0.717, 1.165) is 6.26 Å². The van der Waals surface area contributed by atoms with Gasteiger partial charge in [-0.15, -0.1) is 12.4 Å². The van der Waals surface area contributed by atoms with E-state index < -0.39 is 34.3 Å². The van der Waals surface area contributed by atoms with Crippen molar-refractivity contribution in [3.05, 3.63) is 0 Å². The summed E-state index contributed by atoms with van der Waals surface area (Å²) in [5.41, 5.74) is 0. The number of hydrogen-bond acceptors (Lipinski definition) is 4. The van der Waals surface area contributed by atoms with Gasteiger partial charge < -0.3 is 10.6 Å². The van der Waals surface area contributed by atoms with Crippen LogP contribution in [-0.2, 0) is 14.6 Å². The lowest BCUT2D eigenvalue weighted by atomic mass is 10.2. The van der Waals surface area contributed by atoms with Gasteiger partial charge >= 0.3 is 0 Å². The molecule has 1 aliphatic heterocycles. The summed E-state index contributed by atoms with van der Waals surface area (Å²) in [5, 5.41) is 4.58. The molecule has 0 aliphatic carbocycles. The first kappa shape index (κ1) is 16.5. The Balaban J connectivity index is 0.00000256. The topological polar surface area (TPSA) is 75.3 Å². The molecule has 1 saturated heterocycles. The summed E-state index contributed by atoms with van der Waals surface area (Å²) in [6, 6.07) is -1.25. The fourth-order valence-electron chi connectivity index (χ4n) is 1.36. The lowest BCUT2D eigenvalue weighted by molar-refractivity contribution is -0.123. The molecule has 0 spiro atoms. The van der Waals surface area contributed by atoms with Gasteiger partial charge in [0.1, 0.15) is 15.9 Å². The van der Waals surface area contributed by atoms with E-state index in [0.29, 0.717) is 0 Å². The summed E-state index contributed by atoms with van der Waals surface area (Å²) < 4.78 is 47.6. The van der Waals surface area contributed by atoms with Crippen molar-refractivity contribution in [2.75, 3.05) is 25.1 Å². The normalized spacial score (nSPS) is 22.9. The van der Waals surface area contributed by atoms with Crippen molar-refractivity contribution in [1.29, 1.82) is 0 Å². The Kier molecular flexibility index (Phi) is 5.76. The molecule has 1 unspecified atom stereocenters. The third-order valence-electron chi connectivity index (χ3n) is 2.25. The molecule has 0 bridgehead atoms. The molecule has 0 aromatic rings. The van der Waals surface area contributed by atoms with Gasteiger partial charge in [0.05, 0.1) is 12.3 Å². The van der Waals surface area contributed by atoms with Crippen LogP contribution in [0, 0.1) is 0 Å². The highest BCUT2D eigenvalue weighted by atomic mass is 35.5. The van der Waals surface area contributed by atoms with E-state index in [9.17, 15) is 22.0 Å². The highest BCUT2D eigenvalue weighted by Crippen LogP contribution is 2.21. The van der Waals surface area contributed by atoms with Crippen molar-refractivity contribution in [2.24, 2.45) is 0 Å². The Bertz CT molecular complexity index is 375. The Morgan fingerprint density at radius 2 is 2.12 bits per heavy atom. The molecule has 17 heavy (non-hydrogen) atoms. The predicted octanol–water partition coefficient (Wildman–Crippen LogP) is -0.434. The second kappa shape index (κ2) is 5.92. The zero-order valence-electron chi connectivity index (χ0n) is 9.20. The minimum atomic E-state index is -3.25. The van der Waals surface area contributed by atoms with Gasteiger partial charge in [0.25, 0.3) is 5.92 Å². The van der Waals surface area contributed by atoms with Crippen molar-refractivity contribution in [2.45, 2.75) is 18.4 Å². The molecule has 1 fully saturated rings. The van der Waals surface area contributed by atoms with E-state index >= 15 is 0 Å².